The summed E-state index contributed by atoms with van der Waals surface area (Å²) in [6.07, 6.45) is 0. The lowest BCUT2D eigenvalue weighted by Crippen LogP contribution is -1.78. The molecule has 0 bridgehead atoms. The first-order chi connectivity index (χ1) is 5.24. The summed E-state index contributed by atoms with van der Waals surface area (Å²) in [7, 11) is 0. The predicted molar refractivity (Wildman–Crippen MR) is 57.2 cm³/mol. The molecule has 0 amide bonds. The Balaban J connectivity index is 2.93. The Morgan fingerprint density at radius 1 is 1.55 bits per heavy atom. The lowest BCUT2D eigenvalue weighted by atomic mass is 10.3. The molecule has 0 spiro atoms. The molecule has 0 aromatic heterocycles. The monoisotopic (exact) mass is 280 g/mol. The van der Waals surface area contributed by atoms with Crippen molar-refractivity contribution in [3.63, 3.8) is 0 Å². The van der Waals surface area contributed by atoms with Crippen molar-refractivity contribution in [1.82, 2.24) is 0 Å². The van der Waals surface area contributed by atoms with E-state index in [4.69, 9.17) is 5.11 Å². The molecule has 0 aliphatic carbocycles. The van der Waals surface area contributed by atoms with Crippen molar-refractivity contribution in [2.24, 2.45) is 0 Å². The Hall–Kier alpha value is 0.100. The van der Waals surface area contributed by atoms with Crippen LogP contribution in [0.5, 0.6) is 5.75 Å². The molecule has 0 heterocycles. The number of phenols is 1. The van der Waals surface area contributed by atoms with Gasteiger partial charge < -0.3 is 5.11 Å². The van der Waals surface area contributed by atoms with Crippen LogP contribution in [-0.2, 0) is 0 Å². The molecule has 0 radical (unpaired) electrons. The fourth-order valence-corrected chi connectivity index (χ4v) is 2.28. The van der Waals surface area contributed by atoms with E-state index in [1.54, 1.807) is 23.9 Å². The summed E-state index contributed by atoms with van der Waals surface area (Å²) in [4.78, 5) is 1.16. The molecule has 0 fully saturated rings. The van der Waals surface area contributed by atoms with Crippen LogP contribution in [-0.4, -0.2) is 10.9 Å². The van der Waals surface area contributed by atoms with Crippen molar-refractivity contribution >= 4 is 34.4 Å². The number of thioether (sulfide) groups is 1. The molecule has 60 valence electrons. The summed E-state index contributed by atoms with van der Waals surface area (Å²) in [5, 5.41) is 9.15. The highest BCUT2D eigenvalue weighted by Gasteiger charge is 1.99. The van der Waals surface area contributed by atoms with Crippen LogP contribution in [0.2, 0.25) is 0 Å². The number of hydrogen-bond donors (Lipinski definition) is 1. The van der Waals surface area contributed by atoms with Gasteiger partial charge in [-0.1, -0.05) is 6.92 Å². The number of aromatic hydroxyl groups is 1. The zero-order valence-electron chi connectivity index (χ0n) is 6.17. The van der Waals surface area contributed by atoms with Crippen molar-refractivity contribution in [3.05, 3.63) is 21.8 Å². The van der Waals surface area contributed by atoms with Gasteiger partial charge in [-0.15, -0.1) is 11.8 Å². The standard InChI is InChI=1S/C8H9IOS/c1-2-11-8-5-6(10)3-4-7(8)9/h3-5,10H,2H2,1H3. The van der Waals surface area contributed by atoms with E-state index in [1.165, 1.54) is 3.57 Å². The topological polar surface area (TPSA) is 20.2 Å². The third-order valence-corrected chi connectivity index (χ3v) is 3.46. The van der Waals surface area contributed by atoms with Crippen molar-refractivity contribution in [2.45, 2.75) is 11.8 Å². The summed E-state index contributed by atoms with van der Waals surface area (Å²) in [6, 6.07) is 5.44. The van der Waals surface area contributed by atoms with Gasteiger partial charge in [0.15, 0.2) is 0 Å². The van der Waals surface area contributed by atoms with E-state index in [0.717, 1.165) is 10.6 Å². The maximum Gasteiger partial charge on any atom is 0.116 e. The van der Waals surface area contributed by atoms with Gasteiger partial charge in [0, 0.05) is 8.47 Å². The first-order valence-corrected chi connectivity index (χ1v) is 5.41. The quantitative estimate of drug-likeness (QED) is 0.663. The van der Waals surface area contributed by atoms with E-state index >= 15 is 0 Å². The van der Waals surface area contributed by atoms with Gasteiger partial charge in [-0.05, 0) is 46.5 Å². The molecule has 1 N–H and O–H groups in total. The van der Waals surface area contributed by atoms with Crippen LogP contribution < -0.4 is 0 Å². The molecule has 0 aliphatic heterocycles. The smallest absolute Gasteiger partial charge is 0.116 e. The average molecular weight is 280 g/mol. The highest BCUT2D eigenvalue weighted by molar-refractivity contribution is 14.1. The summed E-state index contributed by atoms with van der Waals surface area (Å²) < 4.78 is 1.20. The summed E-state index contributed by atoms with van der Waals surface area (Å²) in [5.41, 5.74) is 0. The molecular formula is C8H9IOS. The second kappa shape index (κ2) is 4.21. The lowest BCUT2D eigenvalue weighted by Gasteiger charge is -2.01. The van der Waals surface area contributed by atoms with Crippen molar-refractivity contribution in [2.75, 3.05) is 5.75 Å². The average Bonchev–Trinajstić information content (AvgIpc) is 1.98. The normalized spacial score (nSPS) is 10.0. The fourth-order valence-electron chi connectivity index (χ4n) is 0.758. The Morgan fingerprint density at radius 3 is 2.91 bits per heavy atom. The molecule has 1 aromatic carbocycles. The van der Waals surface area contributed by atoms with Crippen molar-refractivity contribution < 1.29 is 5.11 Å². The minimum Gasteiger partial charge on any atom is -0.508 e. The molecule has 1 nitrogen and oxygen atoms in total. The highest BCUT2D eigenvalue weighted by Crippen LogP contribution is 2.27. The molecule has 0 saturated carbocycles. The SMILES string of the molecule is CCSc1cc(O)ccc1I. The van der Waals surface area contributed by atoms with E-state index in [0.29, 0.717) is 5.75 Å². The van der Waals surface area contributed by atoms with Gasteiger partial charge in [0.05, 0.1) is 0 Å². The summed E-state index contributed by atoms with van der Waals surface area (Å²) in [6.45, 7) is 2.10. The number of rotatable bonds is 2. The molecule has 0 unspecified atom stereocenters. The van der Waals surface area contributed by atoms with Gasteiger partial charge in [-0.2, -0.15) is 0 Å². The Morgan fingerprint density at radius 2 is 2.27 bits per heavy atom. The molecule has 1 aromatic rings. The van der Waals surface area contributed by atoms with Gasteiger partial charge in [0.25, 0.3) is 0 Å². The van der Waals surface area contributed by atoms with Crippen LogP contribution in [0.25, 0.3) is 0 Å². The Bertz CT molecular complexity index is 250. The number of halogens is 1. The second-order valence-electron chi connectivity index (χ2n) is 2.05. The van der Waals surface area contributed by atoms with Gasteiger partial charge in [-0.25, -0.2) is 0 Å². The summed E-state index contributed by atoms with van der Waals surface area (Å²) >= 11 is 4.02. The van der Waals surface area contributed by atoms with E-state index in [9.17, 15) is 0 Å². The third-order valence-electron chi connectivity index (χ3n) is 1.21. The minimum absolute atomic E-state index is 0.348. The molecule has 0 saturated heterocycles. The van der Waals surface area contributed by atoms with Crippen LogP contribution in [0.15, 0.2) is 23.1 Å². The first kappa shape index (κ1) is 9.19. The molecular weight excluding hydrogens is 271 g/mol. The molecule has 1 rings (SSSR count). The van der Waals surface area contributed by atoms with Crippen LogP contribution in [0, 0.1) is 3.57 Å². The van der Waals surface area contributed by atoms with Crippen LogP contribution in [0.4, 0.5) is 0 Å². The van der Waals surface area contributed by atoms with E-state index in [1.807, 2.05) is 6.07 Å². The molecule has 11 heavy (non-hydrogen) atoms. The Kier molecular flexibility index (Phi) is 3.51. The van der Waals surface area contributed by atoms with Crippen LogP contribution in [0.3, 0.4) is 0 Å². The number of phenolic OH excluding ortho intramolecular Hbond substituents is 1. The van der Waals surface area contributed by atoms with Crippen LogP contribution >= 0.6 is 34.4 Å². The number of hydrogen-bond acceptors (Lipinski definition) is 2. The highest BCUT2D eigenvalue weighted by atomic mass is 127. The zero-order chi connectivity index (χ0) is 8.27. The Labute approximate surface area is 84.3 Å². The maximum absolute atomic E-state index is 9.15. The fraction of sp³-hybridized carbons (Fsp3) is 0.250. The lowest BCUT2D eigenvalue weighted by molar-refractivity contribution is 0.473. The van der Waals surface area contributed by atoms with Gasteiger partial charge in [0.2, 0.25) is 0 Å². The van der Waals surface area contributed by atoms with Crippen molar-refractivity contribution in [1.29, 1.82) is 0 Å². The van der Waals surface area contributed by atoms with Gasteiger partial charge >= 0.3 is 0 Å². The van der Waals surface area contributed by atoms with E-state index in [2.05, 4.69) is 29.5 Å². The second-order valence-corrected chi connectivity index (χ2v) is 4.52. The predicted octanol–water partition coefficient (Wildman–Crippen LogP) is 3.11. The maximum atomic E-state index is 9.15. The molecule has 3 heteroatoms. The largest absolute Gasteiger partial charge is 0.508 e. The zero-order valence-corrected chi connectivity index (χ0v) is 9.15. The summed E-state index contributed by atoms with van der Waals surface area (Å²) in [5.74, 6) is 1.39. The van der Waals surface area contributed by atoms with Gasteiger partial charge in [0.1, 0.15) is 5.75 Å². The molecule has 0 atom stereocenters. The van der Waals surface area contributed by atoms with E-state index < -0.39 is 0 Å². The van der Waals surface area contributed by atoms with Crippen LogP contribution in [0.1, 0.15) is 6.92 Å². The number of benzene rings is 1. The third kappa shape index (κ3) is 2.56. The van der Waals surface area contributed by atoms with Crippen molar-refractivity contribution in [3.8, 4) is 5.75 Å². The van der Waals surface area contributed by atoms with E-state index in [-0.39, 0.29) is 0 Å². The first-order valence-electron chi connectivity index (χ1n) is 3.35. The van der Waals surface area contributed by atoms with Gasteiger partial charge in [-0.3, -0.25) is 0 Å². The molecule has 0 aliphatic rings. The minimum atomic E-state index is 0.348.